The van der Waals surface area contributed by atoms with Crippen LogP contribution in [0.5, 0.6) is 0 Å². The summed E-state index contributed by atoms with van der Waals surface area (Å²) in [6.07, 6.45) is 51.7. The van der Waals surface area contributed by atoms with Gasteiger partial charge in [-0.1, -0.05) is 223 Å². The van der Waals surface area contributed by atoms with Crippen LogP contribution in [-0.4, -0.2) is 110 Å². The highest BCUT2D eigenvalue weighted by molar-refractivity contribution is 5.80. The second-order valence-electron chi connectivity index (χ2n) is 21.0. The van der Waals surface area contributed by atoms with Gasteiger partial charge in [0.15, 0.2) is 6.29 Å². The third-order valence-electron chi connectivity index (χ3n) is 14.3. The summed E-state index contributed by atoms with van der Waals surface area (Å²) in [6, 6.07) is -1.20. The molecule has 1 aliphatic heterocycles. The minimum atomic E-state index is -1.67. The summed E-state index contributed by atoms with van der Waals surface area (Å²) in [4.78, 5) is 13.2. The molecule has 1 fully saturated rings. The molecule has 0 radical (unpaired) electrons. The molecule has 1 heterocycles. The van der Waals surface area contributed by atoms with Crippen LogP contribution in [-0.2, 0) is 14.3 Å². The maximum Gasteiger partial charge on any atom is 0.249 e. The number of carbonyl (C=O) groups excluding carboxylic acids is 1. The lowest BCUT2D eigenvalue weighted by Gasteiger charge is -2.40. The van der Waals surface area contributed by atoms with Crippen LogP contribution in [0.4, 0.5) is 0 Å². The molecule has 0 aliphatic carbocycles. The van der Waals surface area contributed by atoms with Gasteiger partial charge in [-0.25, -0.2) is 0 Å². The van der Waals surface area contributed by atoms with E-state index in [2.05, 4.69) is 67.8 Å². The maximum atomic E-state index is 13.2. The average molecular weight is 1020 g/mol. The predicted molar refractivity (Wildman–Crippen MR) is 298 cm³/mol. The molecular weight excluding hydrogens is 907 g/mol. The smallest absolute Gasteiger partial charge is 0.249 e. The van der Waals surface area contributed by atoms with Crippen molar-refractivity contribution in [3.63, 3.8) is 0 Å². The van der Waals surface area contributed by atoms with Crippen molar-refractivity contribution < 1.29 is 50.0 Å². The number of rotatable bonds is 51. The molecule has 1 amide bonds. The van der Waals surface area contributed by atoms with Gasteiger partial charge in [0.1, 0.15) is 36.6 Å². The standard InChI is InChI=1S/C61H113NO10/c1-3-5-7-9-11-13-15-17-19-21-23-24-25-26-27-28-29-30-31-33-35-37-39-41-43-45-47-49-54(65)60(70)62-52(51-71-61-59(69)58(68)57(67)55(50-63)72-61)56(66)53(64)48-46-44-42-40-38-36-34-32-22-20-18-16-14-12-10-8-6-4-2/h16,18,26-27,32,34,40,42,52-59,61,63-69H,3-15,17,19-25,28-31,33,35-39,41,43-51H2,1-2H3,(H,62,70)/b18-16+,27-26-,34-32+,42-40+. The number of hydrogen-bond donors (Lipinski definition) is 8. The lowest BCUT2D eigenvalue weighted by Crippen LogP contribution is -2.60. The Morgan fingerprint density at radius 2 is 0.833 bits per heavy atom. The lowest BCUT2D eigenvalue weighted by molar-refractivity contribution is -0.303. The Morgan fingerprint density at radius 1 is 0.472 bits per heavy atom. The molecule has 1 rings (SSSR count). The highest BCUT2D eigenvalue weighted by atomic mass is 16.7. The van der Waals surface area contributed by atoms with E-state index in [1.54, 1.807) is 0 Å². The Hall–Kier alpha value is -1.93. The summed E-state index contributed by atoms with van der Waals surface area (Å²) >= 11 is 0. The van der Waals surface area contributed by atoms with Gasteiger partial charge in [0.2, 0.25) is 5.91 Å². The third-order valence-corrected chi connectivity index (χ3v) is 14.3. The molecule has 11 heteroatoms. The molecule has 0 aromatic carbocycles. The highest BCUT2D eigenvalue weighted by Crippen LogP contribution is 2.23. The van der Waals surface area contributed by atoms with Crippen molar-refractivity contribution in [3.05, 3.63) is 48.6 Å². The fourth-order valence-electron chi connectivity index (χ4n) is 9.41. The molecule has 0 spiro atoms. The Bertz CT molecular complexity index is 1310. The third kappa shape index (κ3) is 37.7. The van der Waals surface area contributed by atoms with Gasteiger partial charge in [0.05, 0.1) is 25.4 Å². The second-order valence-corrected chi connectivity index (χ2v) is 21.0. The number of unbranched alkanes of at least 4 members (excludes halogenated alkanes) is 31. The summed E-state index contributed by atoms with van der Waals surface area (Å²) in [5.41, 5.74) is 0. The Balaban J connectivity index is 2.30. The van der Waals surface area contributed by atoms with Crippen molar-refractivity contribution in [1.82, 2.24) is 5.32 Å². The molecule has 0 bridgehead atoms. The van der Waals surface area contributed by atoms with E-state index in [-0.39, 0.29) is 12.8 Å². The molecule has 11 nitrogen and oxygen atoms in total. The summed E-state index contributed by atoms with van der Waals surface area (Å²) in [6.45, 7) is 3.44. The van der Waals surface area contributed by atoms with Gasteiger partial charge >= 0.3 is 0 Å². The molecule has 0 saturated carbocycles. The van der Waals surface area contributed by atoms with Crippen LogP contribution in [0.1, 0.15) is 264 Å². The summed E-state index contributed by atoms with van der Waals surface area (Å²) in [5.74, 6) is -0.712. The normalized spacial score (nSPS) is 20.4. The molecule has 9 atom stereocenters. The molecule has 0 aromatic rings. The molecule has 72 heavy (non-hydrogen) atoms. The van der Waals surface area contributed by atoms with Crippen molar-refractivity contribution in [2.24, 2.45) is 0 Å². The number of amides is 1. The van der Waals surface area contributed by atoms with Crippen molar-refractivity contribution in [1.29, 1.82) is 0 Å². The van der Waals surface area contributed by atoms with Gasteiger partial charge in [-0.05, 0) is 89.9 Å². The van der Waals surface area contributed by atoms with Crippen LogP contribution in [0, 0.1) is 0 Å². The monoisotopic (exact) mass is 1020 g/mol. The van der Waals surface area contributed by atoms with Crippen molar-refractivity contribution in [3.8, 4) is 0 Å². The summed E-state index contributed by atoms with van der Waals surface area (Å²) in [5, 5.41) is 76.1. The van der Waals surface area contributed by atoms with Crippen molar-refractivity contribution >= 4 is 5.91 Å². The quantitative estimate of drug-likeness (QED) is 0.0215. The van der Waals surface area contributed by atoms with E-state index in [1.165, 1.54) is 173 Å². The lowest BCUT2D eigenvalue weighted by atomic mass is 9.98. The molecular formula is C61H113NO10. The second kappa shape index (κ2) is 49.9. The molecule has 9 unspecified atom stereocenters. The molecule has 1 aliphatic rings. The van der Waals surface area contributed by atoms with E-state index in [1.807, 2.05) is 0 Å². The minimum absolute atomic E-state index is 0.240. The van der Waals surface area contributed by atoms with Crippen molar-refractivity contribution in [2.75, 3.05) is 13.2 Å². The predicted octanol–water partition coefficient (Wildman–Crippen LogP) is 12.8. The minimum Gasteiger partial charge on any atom is -0.394 e. The molecule has 422 valence electrons. The van der Waals surface area contributed by atoms with E-state index in [9.17, 15) is 40.5 Å². The fourth-order valence-corrected chi connectivity index (χ4v) is 9.41. The Labute approximate surface area is 440 Å². The number of carbonyl (C=O) groups is 1. The number of aliphatic hydroxyl groups is 7. The van der Waals surface area contributed by atoms with Crippen LogP contribution in [0.2, 0.25) is 0 Å². The van der Waals surface area contributed by atoms with Crippen LogP contribution in [0.25, 0.3) is 0 Å². The van der Waals surface area contributed by atoms with Gasteiger partial charge in [-0.15, -0.1) is 0 Å². The molecule has 8 N–H and O–H groups in total. The maximum absolute atomic E-state index is 13.2. The van der Waals surface area contributed by atoms with Gasteiger partial charge in [0, 0.05) is 0 Å². The zero-order chi connectivity index (χ0) is 52.5. The zero-order valence-electron chi connectivity index (χ0n) is 46.2. The topological polar surface area (TPSA) is 189 Å². The number of aliphatic hydroxyl groups excluding tert-OH is 7. The first-order valence-electron chi connectivity index (χ1n) is 30.0. The van der Waals surface area contributed by atoms with Crippen LogP contribution < -0.4 is 5.32 Å². The summed E-state index contributed by atoms with van der Waals surface area (Å²) in [7, 11) is 0. The van der Waals surface area contributed by atoms with Gasteiger partial charge in [-0.3, -0.25) is 4.79 Å². The van der Waals surface area contributed by atoms with E-state index in [0.717, 1.165) is 44.9 Å². The van der Waals surface area contributed by atoms with Crippen molar-refractivity contribution in [2.45, 2.75) is 319 Å². The van der Waals surface area contributed by atoms with Gasteiger partial charge < -0.3 is 50.5 Å². The first-order chi connectivity index (χ1) is 35.2. The zero-order valence-corrected chi connectivity index (χ0v) is 46.2. The highest BCUT2D eigenvalue weighted by Gasteiger charge is 2.44. The van der Waals surface area contributed by atoms with E-state index in [4.69, 9.17) is 9.47 Å². The average Bonchev–Trinajstić information content (AvgIpc) is 3.38. The van der Waals surface area contributed by atoms with Crippen LogP contribution >= 0.6 is 0 Å². The van der Waals surface area contributed by atoms with Crippen LogP contribution in [0.3, 0.4) is 0 Å². The molecule has 0 aromatic heterocycles. The number of allylic oxidation sites excluding steroid dienone is 8. The number of ether oxygens (including phenoxy) is 2. The van der Waals surface area contributed by atoms with Gasteiger partial charge in [-0.2, -0.15) is 0 Å². The molecule has 1 saturated heterocycles. The number of hydrogen-bond acceptors (Lipinski definition) is 10. The fraction of sp³-hybridized carbons (Fsp3) is 0.852. The first kappa shape index (κ1) is 68.1. The number of nitrogens with one attached hydrogen (secondary N) is 1. The van der Waals surface area contributed by atoms with E-state index in [0.29, 0.717) is 19.3 Å². The van der Waals surface area contributed by atoms with E-state index < -0.39 is 74.2 Å². The largest absolute Gasteiger partial charge is 0.394 e. The SMILES string of the molecule is CCCCCCC/C=C/CC/C=C/CC/C=C/CCCC(O)C(O)C(COC1OC(CO)C(O)C(O)C1O)NC(=O)C(O)CCCCCCCCCCCCC/C=C\CCCCCCCCCCCCCC. The summed E-state index contributed by atoms with van der Waals surface area (Å²) < 4.78 is 11.1. The Kier molecular flexibility index (Phi) is 47.2. The van der Waals surface area contributed by atoms with Gasteiger partial charge in [0.25, 0.3) is 0 Å². The first-order valence-corrected chi connectivity index (χ1v) is 30.0. The van der Waals surface area contributed by atoms with Crippen LogP contribution in [0.15, 0.2) is 48.6 Å². The Morgan fingerprint density at radius 3 is 1.24 bits per heavy atom. The van der Waals surface area contributed by atoms with E-state index >= 15 is 0 Å².